The lowest BCUT2D eigenvalue weighted by atomic mass is 10.0. The van der Waals surface area contributed by atoms with Crippen molar-refractivity contribution in [2.75, 3.05) is 11.9 Å². The average Bonchev–Trinajstić information content (AvgIpc) is 3.50. The molecule has 1 aliphatic heterocycles. The number of rotatable bonds is 7. The molecule has 0 saturated carbocycles. The van der Waals surface area contributed by atoms with Gasteiger partial charge in [0.15, 0.2) is 5.11 Å². The van der Waals surface area contributed by atoms with Crippen molar-refractivity contribution in [3.63, 3.8) is 0 Å². The third-order valence-corrected chi connectivity index (χ3v) is 6.25. The summed E-state index contributed by atoms with van der Waals surface area (Å²) in [6.07, 6.45) is 1.85. The highest BCUT2D eigenvalue weighted by Crippen LogP contribution is 2.40. The van der Waals surface area contributed by atoms with Gasteiger partial charge in [-0.3, -0.25) is 9.78 Å². The van der Waals surface area contributed by atoms with Crippen LogP contribution in [0.15, 0.2) is 95.5 Å². The van der Waals surface area contributed by atoms with Gasteiger partial charge in [0.1, 0.15) is 23.4 Å². The Kier molecular flexibility index (Phi) is 6.54. The van der Waals surface area contributed by atoms with E-state index in [1.807, 2.05) is 65.6 Å². The topological polar surface area (TPSA) is 70.4 Å². The molecule has 3 heterocycles. The lowest BCUT2D eigenvalue weighted by molar-refractivity contribution is -0.116. The highest BCUT2D eigenvalue weighted by molar-refractivity contribution is 7.80. The van der Waals surface area contributed by atoms with Crippen molar-refractivity contribution in [2.24, 2.45) is 0 Å². The number of thiocarbonyl (C=S) groups is 1. The van der Waals surface area contributed by atoms with Gasteiger partial charge in [-0.05, 0) is 48.6 Å². The smallest absolute Gasteiger partial charge is 0.226 e. The van der Waals surface area contributed by atoms with Crippen molar-refractivity contribution in [2.45, 2.75) is 18.5 Å². The number of amides is 1. The molecule has 1 saturated heterocycles. The van der Waals surface area contributed by atoms with Crippen molar-refractivity contribution in [1.29, 1.82) is 0 Å². The molecule has 0 radical (unpaired) electrons. The van der Waals surface area contributed by atoms with Crippen LogP contribution in [0, 0.1) is 5.82 Å². The van der Waals surface area contributed by atoms with Crippen LogP contribution in [0.2, 0.25) is 0 Å². The number of nitrogens with zero attached hydrogens (tertiary/aromatic N) is 2. The van der Waals surface area contributed by atoms with E-state index in [9.17, 15) is 9.18 Å². The minimum atomic E-state index is -0.476. The second-order valence-corrected chi connectivity index (χ2v) is 8.55. The van der Waals surface area contributed by atoms with Gasteiger partial charge in [0, 0.05) is 24.7 Å². The van der Waals surface area contributed by atoms with Crippen LogP contribution < -0.4 is 10.6 Å². The van der Waals surface area contributed by atoms with Crippen LogP contribution in [0.4, 0.5) is 10.1 Å². The molecule has 6 nitrogen and oxygen atoms in total. The zero-order chi connectivity index (χ0) is 24.2. The van der Waals surface area contributed by atoms with E-state index in [1.165, 1.54) is 12.1 Å². The number of benzene rings is 2. The van der Waals surface area contributed by atoms with Crippen molar-refractivity contribution < 1.29 is 13.6 Å². The molecule has 2 N–H and O–H groups in total. The molecular weight excluding hydrogens is 463 g/mol. The minimum absolute atomic E-state index is 0.119. The van der Waals surface area contributed by atoms with Crippen LogP contribution >= 0.6 is 12.2 Å². The lowest BCUT2D eigenvalue weighted by Crippen LogP contribution is -2.32. The molecule has 35 heavy (non-hydrogen) atoms. The van der Waals surface area contributed by atoms with Gasteiger partial charge in [0.2, 0.25) is 5.91 Å². The third-order valence-electron chi connectivity index (χ3n) is 5.90. The van der Waals surface area contributed by atoms with Gasteiger partial charge in [-0.1, -0.05) is 48.5 Å². The van der Waals surface area contributed by atoms with Crippen LogP contribution in [-0.2, 0) is 4.79 Å². The molecule has 1 aliphatic rings. The van der Waals surface area contributed by atoms with E-state index in [4.69, 9.17) is 16.6 Å². The van der Waals surface area contributed by atoms with Crippen molar-refractivity contribution >= 4 is 28.9 Å². The zero-order valence-electron chi connectivity index (χ0n) is 18.7. The summed E-state index contributed by atoms with van der Waals surface area (Å²) in [5.74, 6) is 0.676. The van der Waals surface area contributed by atoms with Crippen LogP contribution in [0.5, 0.6) is 0 Å². The van der Waals surface area contributed by atoms with Crippen LogP contribution in [0.3, 0.4) is 0 Å². The zero-order valence-corrected chi connectivity index (χ0v) is 19.5. The van der Waals surface area contributed by atoms with Gasteiger partial charge in [0.25, 0.3) is 0 Å². The summed E-state index contributed by atoms with van der Waals surface area (Å²) < 4.78 is 20.2. The number of furan rings is 1. The molecule has 1 fully saturated rings. The van der Waals surface area contributed by atoms with E-state index in [0.717, 1.165) is 17.0 Å². The monoisotopic (exact) mass is 486 g/mol. The Morgan fingerprint density at radius 1 is 1.03 bits per heavy atom. The number of pyridine rings is 1. The first kappa shape index (κ1) is 22.7. The fourth-order valence-corrected chi connectivity index (χ4v) is 4.55. The van der Waals surface area contributed by atoms with Gasteiger partial charge in [-0.15, -0.1) is 0 Å². The van der Waals surface area contributed by atoms with E-state index in [-0.39, 0.29) is 30.1 Å². The second kappa shape index (κ2) is 10.1. The summed E-state index contributed by atoms with van der Waals surface area (Å²) in [6.45, 7) is 0.321. The first-order chi connectivity index (χ1) is 17.1. The van der Waals surface area contributed by atoms with E-state index in [2.05, 4.69) is 15.6 Å². The number of carbonyl (C=O) groups excluding carboxylic acids is 1. The largest absolute Gasteiger partial charge is 0.459 e. The number of para-hydroxylation sites is 1. The predicted molar refractivity (Wildman–Crippen MR) is 136 cm³/mol. The summed E-state index contributed by atoms with van der Waals surface area (Å²) in [7, 11) is 0. The van der Waals surface area contributed by atoms with E-state index in [0.29, 0.717) is 17.4 Å². The van der Waals surface area contributed by atoms with Crippen LogP contribution in [0.1, 0.15) is 30.0 Å². The highest BCUT2D eigenvalue weighted by atomic mass is 32.1. The number of anilines is 1. The first-order valence-electron chi connectivity index (χ1n) is 11.3. The molecule has 176 valence electrons. The fourth-order valence-electron chi connectivity index (χ4n) is 4.22. The van der Waals surface area contributed by atoms with Crippen LogP contribution in [-0.4, -0.2) is 27.4 Å². The van der Waals surface area contributed by atoms with Crippen molar-refractivity contribution in [3.05, 3.63) is 108 Å². The summed E-state index contributed by atoms with van der Waals surface area (Å²) in [6, 6.07) is 25.0. The molecule has 2 atom stereocenters. The van der Waals surface area contributed by atoms with Crippen molar-refractivity contribution in [3.8, 4) is 11.3 Å². The maximum Gasteiger partial charge on any atom is 0.226 e. The summed E-state index contributed by atoms with van der Waals surface area (Å²) in [5.41, 5.74) is 1.94. The molecule has 2 aromatic heterocycles. The van der Waals surface area contributed by atoms with Gasteiger partial charge >= 0.3 is 0 Å². The molecule has 0 spiro atoms. The molecule has 5 rings (SSSR count). The maximum atomic E-state index is 13.9. The molecule has 0 bridgehead atoms. The highest BCUT2D eigenvalue weighted by Gasteiger charge is 2.41. The van der Waals surface area contributed by atoms with Gasteiger partial charge in [0.05, 0.1) is 17.4 Å². The standard InChI is InChI=1S/C27H23FN4O2S/c28-19-10-4-5-11-20(19)30-24(33)15-17-32-26(25(31-27(32)35)21-12-6-7-16-29-21)23-14-13-22(34-23)18-8-2-1-3-9-18/h1-14,16,25-26H,15,17H2,(H,30,33)(H,31,35)/t25-,26+/m1/s1. The minimum Gasteiger partial charge on any atom is -0.459 e. The second-order valence-electron chi connectivity index (χ2n) is 8.17. The average molecular weight is 487 g/mol. The molecule has 1 amide bonds. The van der Waals surface area contributed by atoms with E-state index >= 15 is 0 Å². The number of hydrogen-bond donors (Lipinski definition) is 2. The number of nitrogens with one attached hydrogen (secondary N) is 2. The number of aromatic nitrogens is 1. The molecule has 0 aliphatic carbocycles. The molecule has 0 unspecified atom stereocenters. The number of halogens is 1. The lowest BCUT2D eigenvalue weighted by Gasteiger charge is -2.25. The SMILES string of the molecule is O=C(CCN1C(=S)N[C@H](c2ccccn2)[C@@H]1c1ccc(-c2ccccc2)o1)Nc1ccccc1F. The summed E-state index contributed by atoms with van der Waals surface area (Å²) in [4.78, 5) is 19.1. The van der Waals surface area contributed by atoms with Crippen LogP contribution in [0.25, 0.3) is 11.3 Å². The maximum absolute atomic E-state index is 13.9. The Morgan fingerprint density at radius 2 is 1.80 bits per heavy atom. The molecule has 2 aromatic carbocycles. The molecular formula is C27H23FN4O2S. The van der Waals surface area contributed by atoms with Crippen molar-refractivity contribution in [1.82, 2.24) is 15.2 Å². The quantitative estimate of drug-likeness (QED) is 0.337. The first-order valence-corrected chi connectivity index (χ1v) is 11.7. The number of hydrogen-bond acceptors (Lipinski definition) is 4. The Labute approximate surface area is 207 Å². The summed E-state index contributed by atoms with van der Waals surface area (Å²) >= 11 is 5.65. The number of carbonyl (C=O) groups is 1. The van der Waals surface area contributed by atoms with E-state index in [1.54, 1.807) is 18.3 Å². The molecule has 4 aromatic rings. The Hall–Kier alpha value is -4.04. The Bertz CT molecular complexity index is 1330. The third kappa shape index (κ3) is 4.93. The van der Waals surface area contributed by atoms with E-state index < -0.39 is 5.82 Å². The Balaban J connectivity index is 1.39. The normalized spacial score (nSPS) is 17.3. The van der Waals surface area contributed by atoms with Gasteiger partial charge in [-0.2, -0.15) is 0 Å². The van der Waals surface area contributed by atoms with Gasteiger partial charge < -0.3 is 20.0 Å². The fraction of sp³-hybridized carbons (Fsp3) is 0.148. The predicted octanol–water partition coefficient (Wildman–Crippen LogP) is 5.48. The molecule has 8 heteroatoms. The summed E-state index contributed by atoms with van der Waals surface area (Å²) in [5, 5.41) is 6.48. The Morgan fingerprint density at radius 3 is 2.57 bits per heavy atom. The van der Waals surface area contributed by atoms with Gasteiger partial charge in [-0.25, -0.2) is 4.39 Å².